The molecule has 0 atom stereocenters. The van der Waals surface area contributed by atoms with E-state index in [0.717, 1.165) is 24.3 Å². The minimum Gasteiger partial charge on any atom is -0.373 e. The van der Waals surface area contributed by atoms with Gasteiger partial charge in [-0.25, -0.2) is 4.98 Å². The fourth-order valence-corrected chi connectivity index (χ4v) is 1.79. The molecule has 0 radical (unpaired) electrons. The van der Waals surface area contributed by atoms with Crippen LogP contribution in [0, 0.1) is 5.92 Å². The molecular formula is C12H17N3O. The van der Waals surface area contributed by atoms with Crippen LogP contribution in [0.25, 0.3) is 0 Å². The molecule has 1 heterocycles. The van der Waals surface area contributed by atoms with Gasteiger partial charge in [0.15, 0.2) is 0 Å². The lowest BCUT2D eigenvalue weighted by atomic mass is 9.84. The SMILES string of the molecule is CNc1ccc(N(C)C(=O)C2CCC2)cn1. The van der Waals surface area contributed by atoms with E-state index in [9.17, 15) is 4.79 Å². The average molecular weight is 219 g/mol. The second-order valence-electron chi connectivity index (χ2n) is 4.18. The molecule has 86 valence electrons. The molecule has 0 unspecified atom stereocenters. The number of rotatable bonds is 3. The molecule has 2 rings (SSSR count). The molecule has 1 aromatic heterocycles. The van der Waals surface area contributed by atoms with Crippen LogP contribution >= 0.6 is 0 Å². The molecule has 0 saturated heterocycles. The Balaban J connectivity index is 2.07. The normalized spacial score (nSPS) is 15.4. The van der Waals surface area contributed by atoms with Gasteiger partial charge in [-0.3, -0.25) is 4.79 Å². The van der Waals surface area contributed by atoms with Crippen LogP contribution in [0.5, 0.6) is 0 Å². The van der Waals surface area contributed by atoms with E-state index in [1.807, 2.05) is 26.2 Å². The van der Waals surface area contributed by atoms with Crippen LogP contribution in [0.1, 0.15) is 19.3 Å². The van der Waals surface area contributed by atoms with Gasteiger partial charge in [-0.1, -0.05) is 6.42 Å². The van der Waals surface area contributed by atoms with Crippen molar-refractivity contribution >= 4 is 17.4 Å². The molecule has 1 aliphatic carbocycles. The van der Waals surface area contributed by atoms with Gasteiger partial charge in [0.2, 0.25) is 5.91 Å². The highest BCUT2D eigenvalue weighted by Crippen LogP contribution is 2.29. The lowest BCUT2D eigenvalue weighted by molar-refractivity contribution is -0.124. The van der Waals surface area contributed by atoms with E-state index in [1.165, 1.54) is 6.42 Å². The van der Waals surface area contributed by atoms with E-state index >= 15 is 0 Å². The summed E-state index contributed by atoms with van der Waals surface area (Å²) in [4.78, 5) is 17.9. The van der Waals surface area contributed by atoms with Gasteiger partial charge in [0.1, 0.15) is 5.82 Å². The van der Waals surface area contributed by atoms with Crippen LogP contribution in [0.3, 0.4) is 0 Å². The lowest BCUT2D eigenvalue weighted by Crippen LogP contribution is -2.36. The van der Waals surface area contributed by atoms with Crippen LogP contribution in [0.4, 0.5) is 11.5 Å². The van der Waals surface area contributed by atoms with Crippen molar-refractivity contribution < 1.29 is 4.79 Å². The molecule has 0 aromatic carbocycles. The summed E-state index contributed by atoms with van der Waals surface area (Å²) >= 11 is 0. The van der Waals surface area contributed by atoms with Crippen LogP contribution in [0.2, 0.25) is 0 Å². The van der Waals surface area contributed by atoms with E-state index in [1.54, 1.807) is 11.1 Å². The second-order valence-corrected chi connectivity index (χ2v) is 4.18. The largest absolute Gasteiger partial charge is 0.373 e. The van der Waals surface area contributed by atoms with Gasteiger partial charge in [0.05, 0.1) is 11.9 Å². The number of carbonyl (C=O) groups excluding carboxylic acids is 1. The van der Waals surface area contributed by atoms with Crippen molar-refractivity contribution in [2.24, 2.45) is 5.92 Å². The van der Waals surface area contributed by atoms with Gasteiger partial charge < -0.3 is 10.2 Å². The smallest absolute Gasteiger partial charge is 0.229 e. The molecule has 1 N–H and O–H groups in total. The number of carbonyl (C=O) groups is 1. The first kappa shape index (κ1) is 10.9. The Bertz CT molecular complexity index is 370. The minimum absolute atomic E-state index is 0.213. The van der Waals surface area contributed by atoms with Gasteiger partial charge >= 0.3 is 0 Å². The molecular weight excluding hydrogens is 202 g/mol. The number of hydrogen-bond acceptors (Lipinski definition) is 3. The van der Waals surface area contributed by atoms with Crippen LogP contribution in [-0.2, 0) is 4.79 Å². The zero-order valence-electron chi connectivity index (χ0n) is 9.73. The maximum atomic E-state index is 12.0. The fourth-order valence-electron chi connectivity index (χ4n) is 1.79. The molecule has 1 aromatic rings. The van der Waals surface area contributed by atoms with Gasteiger partial charge in [-0.15, -0.1) is 0 Å². The van der Waals surface area contributed by atoms with Crippen molar-refractivity contribution in [3.63, 3.8) is 0 Å². The van der Waals surface area contributed by atoms with Crippen molar-refractivity contribution in [2.45, 2.75) is 19.3 Å². The number of hydrogen-bond donors (Lipinski definition) is 1. The molecule has 0 bridgehead atoms. The summed E-state index contributed by atoms with van der Waals surface area (Å²) in [5.74, 6) is 1.26. The third kappa shape index (κ3) is 2.01. The minimum atomic E-state index is 0.213. The predicted molar refractivity (Wildman–Crippen MR) is 64.5 cm³/mol. The zero-order chi connectivity index (χ0) is 11.5. The summed E-state index contributed by atoms with van der Waals surface area (Å²) < 4.78 is 0. The number of pyridine rings is 1. The fraction of sp³-hybridized carbons (Fsp3) is 0.500. The zero-order valence-corrected chi connectivity index (χ0v) is 9.73. The molecule has 16 heavy (non-hydrogen) atoms. The van der Waals surface area contributed by atoms with Gasteiger partial charge in [-0.05, 0) is 25.0 Å². The van der Waals surface area contributed by atoms with Crippen molar-refractivity contribution in [2.75, 3.05) is 24.3 Å². The number of amides is 1. The Labute approximate surface area is 95.7 Å². The van der Waals surface area contributed by atoms with Crippen molar-refractivity contribution in [1.29, 1.82) is 0 Å². The van der Waals surface area contributed by atoms with Gasteiger partial charge in [0.25, 0.3) is 0 Å². The summed E-state index contributed by atoms with van der Waals surface area (Å²) in [7, 11) is 3.64. The molecule has 4 nitrogen and oxygen atoms in total. The van der Waals surface area contributed by atoms with E-state index < -0.39 is 0 Å². The molecule has 4 heteroatoms. The van der Waals surface area contributed by atoms with Crippen molar-refractivity contribution in [3.05, 3.63) is 18.3 Å². The van der Waals surface area contributed by atoms with Crippen molar-refractivity contribution in [3.8, 4) is 0 Å². The van der Waals surface area contributed by atoms with Gasteiger partial charge in [-0.2, -0.15) is 0 Å². The molecule has 0 spiro atoms. The number of anilines is 2. The Morgan fingerprint density at radius 2 is 2.25 bits per heavy atom. The standard InChI is InChI=1S/C12H17N3O/c1-13-11-7-6-10(8-14-11)15(2)12(16)9-4-3-5-9/h6-9H,3-5H2,1-2H3,(H,13,14). The third-order valence-corrected chi connectivity index (χ3v) is 3.18. The summed E-state index contributed by atoms with van der Waals surface area (Å²) in [5.41, 5.74) is 0.857. The Morgan fingerprint density at radius 3 is 2.69 bits per heavy atom. The highest BCUT2D eigenvalue weighted by molar-refractivity contribution is 5.94. The summed E-state index contributed by atoms with van der Waals surface area (Å²) in [6.45, 7) is 0. The maximum absolute atomic E-state index is 12.0. The number of nitrogens with one attached hydrogen (secondary N) is 1. The Kier molecular flexibility index (Phi) is 3.08. The highest BCUT2D eigenvalue weighted by atomic mass is 16.2. The highest BCUT2D eigenvalue weighted by Gasteiger charge is 2.28. The topological polar surface area (TPSA) is 45.2 Å². The molecule has 1 fully saturated rings. The van der Waals surface area contributed by atoms with E-state index in [4.69, 9.17) is 0 Å². The Hall–Kier alpha value is -1.58. The quantitative estimate of drug-likeness (QED) is 0.844. The molecule has 0 aliphatic heterocycles. The molecule has 1 saturated carbocycles. The summed E-state index contributed by atoms with van der Waals surface area (Å²) in [5, 5.41) is 2.95. The maximum Gasteiger partial charge on any atom is 0.229 e. The van der Waals surface area contributed by atoms with Crippen molar-refractivity contribution in [1.82, 2.24) is 4.98 Å². The van der Waals surface area contributed by atoms with E-state index in [2.05, 4.69) is 10.3 Å². The second kappa shape index (κ2) is 4.51. The summed E-state index contributed by atoms with van der Waals surface area (Å²) in [6.07, 6.45) is 4.97. The van der Waals surface area contributed by atoms with Crippen LogP contribution in [0.15, 0.2) is 18.3 Å². The Morgan fingerprint density at radius 1 is 1.50 bits per heavy atom. The molecule has 1 aliphatic rings. The van der Waals surface area contributed by atoms with E-state index in [-0.39, 0.29) is 11.8 Å². The molecule has 1 amide bonds. The van der Waals surface area contributed by atoms with E-state index in [0.29, 0.717) is 0 Å². The first-order valence-corrected chi connectivity index (χ1v) is 5.63. The lowest BCUT2D eigenvalue weighted by Gasteiger charge is -2.29. The number of aromatic nitrogens is 1. The average Bonchev–Trinajstić information content (AvgIpc) is 2.26. The van der Waals surface area contributed by atoms with Crippen LogP contribution < -0.4 is 10.2 Å². The van der Waals surface area contributed by atoms with Gasteiger partial charge in [0, 0.05) is 20.0 Å². The third-order valence-electron chi connectivity index (χ3n) is 3.18. The van der Waals surface area contributed by atoms with Crippen LogP contribution in [-0.4, -0.2) is 25.0 Å². The summed E-state index contributed by atoms with van der Waals surface area (Å²) in [6, 6.07) is 3.79. The first-order valence-electron chi connectivity index (χ1n) is 5.63. The predicted octanol–water partition coefficient (Wildman–Crippen LogP) is 1.89. The monoisotopic (exact) mass is 219 g/mol. The number of nitrogens with zero attached hydrogens (tertiary/aromatic N) is 2. The first-order chi connectivity index (χ1) is 7.72.